The predicted molar refractivity (Wildman–Crippen MR) is 120 cm³/mol. The number of nitrogens with zero attached hydrogens (tertiary/aromatic N) is 5. The number of esters is 1. The van der Waals surface area contributed by atoms with Crippen molar-refractivity contribution in [3.63, 3.8) is 0 Å². The van der Waals surface area contributed by atoms with Crippen molar-refractivity contribution in [2.45, 2.75) is 13.3 Å². The fourth-order valence-corrected chi connectivity index (χ4v) is 4.05. The minimum Gasteiger partial charge on any atom is -0.438 e. The summed E-state index contributed by atoms with van der Waals surface area (Å²) < 4.78 is 8.16. The minimum absolute atomic E-state index is 0.324. The van der Waals surface area contributed by atoms with Gasteiger partial charge in [0.1, 0.15) is 16.8 Å². The summed E-state index contributed by atoms with van der Waals surface area (Å²) in [7, 11) is 0. The number of hydrogen-bond donors (Lipinski definition) is 0. The van der Waals surface area contributed by atoms with Crippen LogP contribution in [0.15, 0.2) is 83.1 Å². The molecule has 5 rings (SSSR count). The standard InChI is InChI=1S/C23H17N5O3S/c29-22-17-9-4-5-10-19(17)24-26-28(22)15-31-23(30)18-14-27(13-16-7-2-1-3-8-16)25-21(18)20-11-6-12-32-20/h1-12,14H,13,15H2. The maximum Gasteiger partial charge on any atom is 0.343 e. The molecule has 0 radical (unpaired) electrons. The zero-order chi connectivity index (χ0) is 21.9. The third-order valence-electron chi connectivity index (χ3n) is 4.87. The number of fused-ring (bicyclic) bond motifs is 1. The largest absolute Gasteiger partial charge is 0.438 e. The van der Waals surface area contributed by atoms with Gasteiger partial charge in [-0.25, -0.2) is 4.79 Å². The molecule has 0 N–H and O–H groups in total. The van der Waals surface area contributed by atoms with Gasteiger partial charge in [0.15, 0.2) is 6.73 Å². The smallest absolute Gasteiger partial charge is 0.343 e. The molecule has 0 amide bonds. The number of rotatable bonds is 6. The normalized spacial score (nSPS) is 11.0. The molecule has 0 aliphatic heterocycles. The van der Waals surface area contributed by atoms with Crippen molar-refractivity contribution < 1.29 is 9.53 Å². The van der Waals surface area contributed by atoms with Crippen molar-refractivity contribution in [2.24, 2.45) is 0 Å². The lowest BCUT2D eigenvalue weighted by Crippen LogP contribution is -2.26. The van der Waals surface area contributed by atoms with Crippen molar-refractivity contribution in [1.29, 1.82) is 0 Å². The topological polar surface area (TPSA) is 91.9 Å². The Morgan fingerprint density at radius 3 is 2.62 bits per heavy atom. The predicted octanol–water partition coefficient (Wildman–Crippen LogP) is 3.58. The number of thiophene rings is 1. The van der Waals surface area contributed by atoms with Crippen LogP contribution in [0.25, 0.3) is 21.5 Å². The molecule has 5 aromatic rings. The van der Waals surface area contributed by atoms with Gasteiger partial charge in [0.2, 0.25) is 0 Å². The Labute approximate surface area is 186 Å². The zero-order valence-electron chi connectivity index (χ0n) is 16.8. The van der Waals surface area contributed by atoms with E-state index in [1.165, 1.54) is 11.3 Å². The molecule has 3 heterocycles. The summed E-state index contributed by atoms with van der Waals surface area (Å²) in [6.07, 6.45) is 1.67. The van der Waals surface area contributed by atoms with Crippen LogP contribution < -0.4 is 5.56 Å². The summed E-state index contributed by atoms with van der Waals surface area (Å²) in [5, 5.41) is 14.8. The molecule has 0 saturated heterocycles. The van der Waals surface area contributed by atoms with Crippen LogP contribution >= 0.6 is 11.3 Å². The van der Waals surface area contributed by atoms with Gasteiger partial charge in [-0.2, -0.15) is 9.78 Å². The van der Waals surface area contributed by atoms with E-state index in [2.05, 4.69) is 15.4 Å². The molecule has 0 fully saturated rings. The van der Waals surface area contributed by atoms with Crippen LogP contribution in [0.4, 0.5) is 0 Å². The van der Waals surface area contributed by atoms with Crippen molar-refractivity contribution in [3.05, 3.63) is 99.8 Å². The van der Waals surface area contributed by atoms with E-state index in [-0.39, 0.29) is 12.3 Å². The van der Waals surface area contributed by atoms with E-state index in [9.17, 15) is 9.59 Å². The Kier molecular flexibility index (Phi) is 5.30. The molecule has 0 aliphatic rings. The highest BCUT2D eigenvalue weighted by Crippen LogP contribution is 2.27. The van der Waals surface area contributed by atoms with E-state index in [0.29, 0.717) is 28.7 Å². The summed E-state index contributed by atoms with van der Waals surface area (Å²) >= 11 is 1.48. The van der Waals surface area contributed by atoms with Crippen LogP contribution in [0, 0.1) is 0 Å². The molecule has 0 unspecified atom stereocenters. The molecule has 32 heavy (non-hydrogen) atoms. The van der Waals surface area contributed by atoms with Gasteiger partial charge in [-0.15, -0.1) is 16.4 Å². The van der Waals surface area contributed by atoms with Gasteiger partial charge in [0.05, 0.1) is 16.8 Å². The Morgan fingerprint density at radius 2 is 1.81 bits per heavy atom. The highest BCUT2D eigenvalue weighted by Gasteiger charge is 2.21. The second-order valence-electron chi connectivity index (χ2n) is 7.02. The first-order valence-electron chi connectivity index (χ1n) is 9.84. The third-order valence-corrected chi connectivity index (χ3v) is 5.75. The fraction of sp³-hybridized carbons (Fsp3) is 0.0870. The van der Waals surface area contributed by atoms with Crippen LogP contribution in [0.5, 0.6) is 0 Å². The third kappa shape index (κ3) is 3.93. The van der Waals surface area contributed by atoms with E-state index >= 15 is 0 Å². The molecule has 2 aromatic carbocycles. The van der Waals surface area contributed by atoms with E-state index in [1.807, 2.05) is 47.8 Å². The van der Waals surface area contributed by atoms with Gasteiger partial charge in [0.25, 0.3) is 5.56 Å². The lowest BCUT2D eigenvalue weighted by atomic mass is 10.2. The number of ether oxygens (including phenoxy) is 1. The quantitative estimate of drug-likeness (QED) is 0.373. The maximum atomic E-state index is 12.9. The van der Waals surface area contributed by atoms with Gasteiger partial charge in [0, 0.05) is 6.20 Å². The van der Waals surface area contributed by atoms with E-state index in [1.54, 1.807) is 35.1 Å². The van der Waals surface area contributed by atoms with Crippen molar-refractivity contribution in [1.82, 2.24) is 24.8 Å². The molecule has 0 atom stereocenters. The first-order valence-corrected chi connectivity index (χ1v) is 10.7. The molecule has 0 aliphatic carbocycles. The second kappa shape index (κ2) is 8.56. The van der Waals surface area contributed by atoms with Crippen LogP contribution in [0.3, 0.4) is 0 Å². The monoisotopic (exact) mass is 443 g/mol. The van der Waals surface area contributed by atoms with Gasteiger partial charge < -0.3 is 4.74 Å². The van der Waals surface area contributed by atoms with Crippen LogP contribution in [0.1, 0.15) is 15.9 Å². The lowest BCUT2D eigenvalue weighted by molar-refractivity contribution is 0.0337. The number of carbonyl (C=O) groups is 1. The number of carbonyl (C=O) groups excluding carboxylic acids is 1. The molecule has 158 valence electrons. The average Bonchev–Trinajstić information content (AvgIpc) is 3.49. The van der Waals surface area contributed by atoms with E-state index in [4.69, 9.17) is 4.74 Å². The van der Waals surface area contributed by atoms with Crippen molar-refractivity contribution >= 4 is 28.2 Å². The summed E-state index contributed by atoms with van der Waals surface area (Å²) in [6, 6.07) is 20.5. The Bertz CT molecular complexity index is 1440. The lowest BCUT2D eigenvalue weighted by Gasteiger charge is -2.06. The number of aromatic nitrogens is 5. The molecular weight excluding hydrogens is 426 g/mol. The molecule has 0 saturated carbocycles. The van der Waals surface area contributed by atoms with E-state index < -0.39 is 5.97 Å². The van der Waals surface area contributed by atoms with Gasteiger partial charge >= 0.3 is 5.97 Å². The Hall–Kier alpha value is -4.11. The van der Waals surface area contributed by atoms with Gasteiger partial charge in [-0.1, -0.05) is 53.7 Å². The summed E-state index contributed by atoms with van der Waals surface area (Å²) in [5.41, 5.74) is 2.04. The minimum atomic E-state index is -0.588. The fourth-order valence-electron chi connectivity index (χ4n) is 3.32. The summed E-state index contributed by atoms with van der Waals surface area (Å²) in [6.45, 7) is 0.172. The maximum absolute atomic E-state index is 12.9. The molecular formula is C23H17N5O3S. The van der Waals surface area contributed by atoms with Crippen LogP contribution in [-0.4, -0.2) is 30.7 Å². The first-order chi connectivity index (χ1) is 15.7. The Morgan fingerprint density at radius 1 is 1.00 bits per heavy atom. The van der Waals surface area contributed by atoms with Gasteiger partial charge in [-0.05, 0) is 29.1 Å². The summed E-state index contributed by atoms with van der Waals surface area (Å²) in [5.74, 6) is -0.588. The summed E-state index contributed by atoms with van der Waals surface area (Å²) in [4.78, 5) is 26.4. The van der Waals surface area contributed by atoms with Crippen molar-refractivity contribution in [3.8, 4) is 10.6 Å². The van der Waals surface area contributed by atoms with Crippen molar-refractivity contribution in [2.75, 3.05) is 0 Å². The van der Waals surface area contributed by atoms with Crippen LogP contribution in [-0.2, 0) is 18.0 Å². The van der Waals surface area contributed by atoms with E-state index in [0.717, 1.165) is 15.1 Å². The number of hydrogen-bond acceptors (Lipinski definition) is 7. The molecule has 0 bridgehead atoms. The zero-order valence-corrected chi connectivity index (χ0v) is 17.6. The molecule has 8 nitrogen and oxygen atoms in total. The highest BCUT2D eigenvalue weighted by atomic mass is 32.1. The first kappa shape index (κ1) is 19.8. The molecule has 0 spiro atoms. The Balaban J connectivity index is 1.41. The number of benzene rings is 2. The molecule has 9 heteroatoms. The second-order valence-corrected chi connectivity index (χ2v) is 7.97. The SMILES string of the molecule is O=C(OCn1nnc2ccccc2c1=O)c1cn(Cc2ccccc2)nc1-c1cccs1. The highest BCUT2D eigenvalue weighted by molar-refractivity contribution is 7.13. The van der Waals surface area contributed by atoms with Gasteiger partial charge in [-0.3, -0.25) is 9.48 Å². The average molecular weight is 443 g/mol. The molecule has 3 aromatic heterocycles. The van der Waals surface area contributed by atoms with Crippen LogP contribution in [0.2, 0.25) is 0 Å².